The van der Waals surface area contributed by atoms with Crippen molar-refractivity contribution >= 4 is 5.91 Å². The molecule has 3 rings (SSSR count). The molecule has 1 aliphatic rings. The van der Waals surface area contributed by atoms with E-state index in [0.29, 0.717) is 31.2 Å². The van der Waals surface area contributed by atoms with E-state index in [9.17, 15) is 4.79 Å². The summed E-state index contributed by atoms with van der Waals surface area (Å²) < 4.78 is 11.4. The van der Waals surface area contributed by atoms with E-state index in [1.54, 1.807) is 12.4 Å². The van der Waals surface area contributed by atoms with Crippen molar-refractivity contribution in [3.05, 3.63) is 53.9 Å². The molecule has 0 radical (unpaired) electrons. The molecule has 0 aliphatic carbocycles. The number of imidazole rings is 1. The number of hydrogen-bond donors (Lipinski definition) is 2. The second kappa shape index (κ2) is 8.78. The maximum atomic E-state index is 12.9. The number of carbonyl (C=O) groups is 1. The molecule has 1 saturated heterocycles. The van der Waals surface area contributed by atoms with Gasteiger partial charge in [-0.1, -0.05) is 29.8 Å². The second-order valence-electron chi connectivity index (χ2n) is 6.58. The fourth-order valence-electron chi connectivity index (χ4n) is 2.93. The highest BCUT2D eigenvalue weighted by Gasteiger charge is 2.28. The molecule has 6 nitrogen and oxygen atoms in total. The highest BCUT2D eigenvalue weighted by molar-refractivity contribution is 6.00. The number of nitrogens with zero attached hydrogens (tertiary/aromatic N) is 1. The second-order valence-corrected chi connectivity index (χ2v) is 6.58. The molecule has 0 saturated carbocycles. The molecular weight excluding hydrogens is 330 g/mol. The minimum atomic E-state index is -0.154. The summed E-state index contributed by atoms with van der Waals surface area (Å²) in [5, 5.41) is 3.12. The van der Waals surface area contributed by atoms with Gasteiger partial charge in [0.15, 0.2) is 0 Å². The zero-order chi connectivity index (χ0) is 18.4. The molecule has 0 spiro atoms. The Bertz CT molecular complexity index is 751. The molecule has 0 unspecified atom stereocenters. The molecule has 0 bridgehead atoms. The van der Waals surface area contributed by atoms with Crippen molar-refractivity contribution in [1.29, 1.82) is 0 Å². The van der Waals surface area contributed by atoms with Crippen molar-refractivity contribution < 1.29 is 14.3 Å². The standard InChI is InChI=1S/C20H25N3O3/c1-14(2)7-12-26-18-13-25-11-8-17(18)23-20(24)16-6-4-3-5-15(16)19-21-9-10-22-19/h3-7,9-10,17-18H,8,11-13H2,1-2H3,(H,21,22)(H,23,24)/t17-,18-/m1/s1. The fraction of sp³-hybridized carbons (Fsp3) is 0.400. The summed E-state index contributed by atoms with van der Waals surface area (Å²) in [6.07, 6.45) is 6.03. The Hall–Kier alpha value is -2.44. The van der Waals surface area contributed by atoms with Crippen LogP contribution in [0.2, 0.25) is 0 Å². The number of H-pyrrole nitrogens is 1. The summed E-state index contributed by atoms with van der Waals surface area (Å²) in [7, 11) is 0. The number of nitrogens with one attached hydrogen (secondary N) is 2. The van der Waals surface area contributed by atoms with Gasteiger partial charge in [0.25, 0.3) is 5.91 Å². The number of rotatable bonds is 6. The van der Waals surface area contributed by atoms with Gasteiger partial charge in [0.05, 0.1) is 24.8 Å². The zero-order valence-electron chi connectivity index (χ0n) is 15.2. The Morgan fingerprint density at radius 3 is 3.04 bits per heavy atom. The number of amides is 1. The monoisotopic (exact) mass is 355 g/mol. The number of ether oxygens (including phenoxy) is 2. The summed E-state index contributed by atoms with van der Waals surface area (Å²) in [5.41, 5.74) is 2.58. The van der Waals surface area contributed by atoms with Crippen LogP contribution in [0.15, 0.2) is 48.3 Å². The van der Waals surface area contributed by atoms with Gasteiger partial charge in [-0.15, -0.1) is 0 Å². The Balaban J connectivity index is 1.71. The van der Waals surface area contributed by atoms with Crippen LogP contribution in [0.1, 0.15) is 30.6 Å². The molecular formula is C20H25N3O3. The van der Waals surface area contributed by atoms with Gasteiger partial charge in [-0.3, -0.25) is 4.79 Å². The molecule has 2 N–H and O–H groups in total. The van der Waals surface area contributed by atoms with Crippen LogP contribution in [0.25, 0.3) is 11.4 Å². The Labute approximate surface area is 153 Å². The van der Waals surface area contributed by atoms with Crippen molar-refractivity contribution in [2.45, 2.75) is 32.4 Å². The van der Waals surface area contributed by atoms with E-state index in [2.05, 4.69) is 15.3 Å². The predicted octanol–water partition coefficient (Wildman–Crippen LogP) is 2.95. The Morgan fingerprint density at radius 1 is 1.42 bits per heavy atom. The smallest absolute Gasteiger partial charge is 0.252 e. The molecule has 1 aliphatic heterocycles. The number of benzene rings is 1. The van der Waals surface area contributed by atoms with Crippen molar-refractivity contribution in [3.8, 4) is 11.4 Å². The summed E-state index contributed by atoms with van der Waals surface area (Å²) in [4.78, 5) is 20.2. The Morgan fingerprint density at radius 2 is 2.27 bits per heavy atom. The van der Waals surface area contributed by atoms with Crippen LogP contribution in [0.4, 0.5) is 0 Å². The largest absolute Gasteiger partial charge is 0.379 e. The Kier molecular flexibility index (Phi) is 6.20. The third-order valence-corrected chi connectivity index (χ3v) is 4.35. The van der Waals surface area contributed by atoms with Gasteiger partial charge >= 0.3 is 0 Å². The minimum absolute atomic E-state index is 0.0773. The first-order valence-electron chi connectivity index (χ1n) is 8.87. The van der Waals surface area contributed by atoms with Gasteiger partial charge in [-0.25, -0.2) is 4.98 Å². The van der Waals surface area contributed by atoms with Gasteiger partial charge in [0, 0.05) is 24.6 Å². The van der Waals surface area contributed by atoms with E-state index in [1.807, 2.05) is 44.2 Å². The molecule has 2 aromatic rings. The quantitative estimate of drug-likeness (QED) is 0.781. The molecule has 6 heteroatoms. The number of hydrogen-bond acceptors (Lipinski definition) is 4. The van der Waals surface area contributed by atoms with E-state index in [-0.39, 0.29) is 18.1 Å². The van der Waals surface area contributed by atoms with Crippen LogP contribution in [-0.2, 0) is 9.47 Å². The highest BCUT2D eigenvalue weighted by atomic mass is 16.5. The summed E-state index contributed by atoms with van der Waals surface area (Å²) in [6, 6.07) is 7.38. The van der Waals surface area contributed by atoms with E-state index < -0.39 is 0 Å². The molecule has 138 valence electrons. The molecule has 1 amide bonds. The lowest BCUT2D eigenvalue weighted by Gasteiger charge is -2.32. The van der Waals surface area contributed by atoms with Crippen LogP contribution in [0.5, 0.6) is 0 Å². The first-order valence-corrected chi connectivity index (χ1v) is 8.87. The average Bonchev–Trinajstić information content (AvgIpc) is 3.17. The van der Waals surface area contributed by atoms with Crippen molar-refractivity contribution in [2.75, 3.05) is 19.8 Å². The SMILES string of the molecule is CC(C)=CCO[C@@H]1COCC[C@H]1NC(=O)c1ccccc1-c1ncc[nH]1. The zero-order valence-corrected chi connectivity index (χ0v) is 15.2. The fourth-order valence-corrected chi connectivity index (χ4v) is 2.93. The number of aromatic nitrogens is 2. The van der Waals surface area contributed by atoms with Gasteiger partial charge < -0.3 is 19.8 Å². The normalized spacial score (nSPS) is 19.8. The van der Waals surface area contributed by atoms with Gasteiger partial charge in [-0.05, 0) is 26.3 Å². The first-order chi connectivity index (χ1) is 12.6. The van der Waals surface area contributed by atoms with E-state index in [0.717, 1.165) is 12.0 Å². The van der Waals surface area contributed by atoms with E-state index >= 15 is 0 Å². The van der Waals surface area contributed by atoms with E-state index in [1.165, 1.54) is 5.57 Å². The van der Waals surface area contributed by atoms with Crippen LogP contribution in [0, 0.1) is 0 Å². The van der Waals surface area contributed by atoms with Gasteiger partial charge in [0.2, 0.25) is 0 Å². The van der Waals surface area contributed by atoms with Gasteiger partial charge in [0.1, 0.15) is 11.9 Å². The maximum absolute atomic E-state index is 12.9. The molecule has 26 heavy (non-hydrogen) atoms. The maximum Gasteiger partial charge on any atom is 0.252 e. The van der Waals surface area contributed by atoms with E-state index in [4.69, 9.17) is 9.47 Å². The predicted molar refractivity (Wildman–Crippen MR) is 99.9 cm³/mol. The summed E-state index contributed by atoms with van der Waals surface area (Å²) in [6.45, 7) is 5.69. The molecule has 2 heterocycles. The van der Waals surface area contributed by atoms with Crippen molar-refractivity contribution in [2.24, 2.45) is 0 Å². The highest BCUT2D eigenvalue weighted by Crippen LogP contribution is 2.21. The molecule has 1 aromatic carbocycles. The van der Waals surface area contributed by atoms with Crippen molar-refractivity contribution in [1.82, 2.24) is 15.3 Å². The third kappa shape index (κ3) is 4.59. The molecule has 1 aromatic heterocycles. The van der Waals surface area contributed by atoms with Crippen LogP contribution < -0.4 is 5.32 Å². The summed E-state index contributed by atoms with van der Waals surface area (Å²) >= 11 is 0. The van der Waals surface area contributed by atoms with Crippen LogP contribution >= 0.6 is 0 Å². The number of allylic oxidation sites excluding steroid dienone is 1. The number of aromatic amines is 1. The molecule has 1 fully saturated rings. The average molecular weight is 355 g/mol. The third-order valence-electron chi connectivity index (χ3n) is 4.35. The van der Waals surface area contributed by atoms with Gasteiger partial charge in [-0.2, -0.15) is 0 Å². The lowest BCUT2D eigenvalue weighted by molar-refractivity contribution is -0.0589. The number of carbonyl (C=O) groups excluding carboxylic acids is 1. The lowest BCUT2D eigenvalue weighted by atomic mass is 10.0. The topological polar surface area (TPSA) is 76.2 Å². The summed E-state index contributed by atoms with van der Waals surface area (Å²) in [5.74, 6) is 0.554. The van der Waals surface area contributed by atoms with Crippen LogP contribution in [-0.4, -0.2) is 47.8 Å². The van der Waals surface area contributed by atoms with Crippen LogP contribution in [0.3, 0.4) is 0 Å². The van der Waals surface area contributed by atoms with Crippen molar-refractivity contribution in [3.63, 3.8) is 0 Å². The first kappa shape index (κ1) is 18.4. The lowest BCUT2D eigenvalue weighted by Crippen LogP contribution is -2.50. The molecule has 2 atom stereocenters. The minimum Gasteiger partial charge on any atom is -0.379 e.